The molecule has 1 aromatic heterocycles. The van der Waals surface area contributed by atoms with Crippen molar-refractivity contribution in [2.45, 2.75) is 75.5 Å². The maximum absolute atomic E-state index is 2.53. The summed E-state index contributed by atoms with van der Waals surface area (Å²) in [6.07, 6.45) is 16.6. The van der Waals surface area contributed by atoms with Gasteiger partial charge in [0.05, 0.1) is 5.69 Å². The van der Waals surface area contributed by atoms with Crippen LogP contribution in [0.15, 0.2) is 121 Å². The van der Waals surface area contributed by atoms with E-state index in [1.807, 2.05) is 0 Å². The van der Waals surface area contributed by atoms with Gasteiger partial charge < -0.3 is 4.57 Å². The number of benzene rings is 4. The fraction of sp³-hybridized carbons (Fsp3) is 0.300. The standard InChI is InChI=1S/C40H42NP/c1-6-18-31(19-7-1)39-37(30-41(33-22-10-3-11-23-33)40(39)32-20-8-2-9-21-32)36-28-16-17-29-38(36)42(34-24-12-4-13-25-34)35-26-14-5-15-27-35/h1-3,6-11,16-23,28-30,34-35H,4-5,12-15,24-27H2. The van der Waals surface area contributed by atoms with E-state index in [1.54, 1.807) is 5.30 Å². The zero-order chi connectivity index (χ0) is 28.1. The average molecular weight is 568 g/mol. The number of rotatable bonds is 7. The second kappa shape index (κ2) is 12.8. The minimum atomic E-state index is -0.236. The molecule has 5 aromatic rings. The maximum atomic E-state index is 2.53. The fourth-order valence-electron chi connectivity index (χ4n) is 7.62. The molecule has 0 aliphatic heterocycles. The van der Waals surface area contributed by atoms with Crippen LogP contribution in [-0.2, 0) is 0 Å². The van der Waals surface area contributed by atoms with Crippen LogP contribution in [0.25, 0.3) is 39.2 Å². The largest absolute Gasteiger partial charge is 0.315 e. The molecule has 0 spiro atoms. The van der Waals surface area contributed by atoms with Gasteiger partial charge in [-0.05, 0) is 71.1 Å². The average Bonchev–Trinajstić information content (AvgIpc) is 3.48. The van der Waals surface area contributed by atoms with Crippen LogP contribution in [0.3, 0.4) is 0 Å². The Morgan fingerprint density at radius 2 is 0.976 bits per heavy atom. The van der Waals surface area contributed by atoms with E-state index in [9.17, 15) is 0 Å². The van der Waals surface area contributed by atoms with Crippen LogP contribution in [0.4, 0.5) is 0 Å². The van der Waals surface area contributed by atoms with Crippen LogP contribution in [0.5, 0.6) is 0 Å². The smallest absolute Gasteiger partial charge is 0.0613 e. The van der Waals surface area contributed by atoms with Crippen molar-refractivity contribution in [2.24, 2.45) is 0 Å². The van der Waals surface area contributed by atoms with Crippen LogP contribution in [0, 0.1) is 0 Å². The first-order chi connectivity index (χ1) is 20.9. The highest BCUT2D eigenvalue weighted by Crippen LogP contribution is 2.57. The van der Waals surface area contributed by atoms with E-state index >= 15 is 0 Å². The maximum Gasteiger partial charge on any atom is 0.0613 e. The molecule has 0 radical (unpaired) electrons. The molecule has 1 heterocycles. The molecular formula is C40H42NP. The van der Waals surface area contributed by atoms with Crippen molar-refractivity contribution in [3.05, 3.63) is 121 Å². The van der Waals surface area contributed by atoms with Gasteiger partial charge in [0.1, 0.15) is 0 Å². The molecule has 0 N–H and O–H groups in total. The highest BCUT2D eigenvalue weighted by atomic mass is 31.1. The Labute approximate surface area is 253 Å². The highest BCUT2D eigenvalue weighted by Gasteiger charge is 2.34. The lowest BCUT2D eigenvalue weighted by atomic mass is 9.94. The molecule has 2 fully saturated rings. The SMILES string of the molecule is c1ccc(-c2c(-c3ccccc3P(C3CCCCC3)C3CCCCC3)cn(-c3ccccc3)c2-c2ccccc2)cc1. The van der Waals surface area contributed by atoms with Gasteiger partial charge in [0, 0.05) is 23.0 Å². The lowest BCUT2D eigenvalue weighted by Gasteiger charge is -2.39. The molecule has 0 amide bonds. The van der Waals surface area contributed by atoms with Crippen molar-refractivity contribution < 1.29 is 0 Å². The van der Waals surface area contributed by atoms with Gasteiger partial charge in [-0.15, -0.1) is 0 Å². The number of hydrogen-bond acceptors (Lipinski definition) is 0. The Balaban J connectivity index is 1.49. The van der Waals surface area contributed by atoms with Gasteiger partial charge in [0.15, 0.2) is 0 Å². The van der Waals surface area contributed by atoms with Crippen LogP contribution in [-0.4, -0.2) is 15.9 Å². The third-order valence-electron chi connectivity index (χ3n) is 9.56. The predicted octanol–water partition coefficient (Wildman–Crippen LogP) is 11.3. The Morgan fingerprint density at radius 1 is 0.476 bits per heavy atom. The monoisotopic (exact) mass is 567 g/mol. The van der Waals surface area contributed by atoms with Gasteiger partial charge in [-0.2, -0.15) is 0 Å². The molecule has 0 bridgehead atoms. The molecule has 2 aliphatic carbocycles. The van der Waals surface area contributed by atoms with Crippen LogP contribution >= 0.6 is 7.92 Å². The van der Waals surface area contributed by atoms with E-state index in [2.05, 4.69) is 126 Å². The number of hydrogen-bond donors (Lipinski definition) is 0. The molecule has 0 unspecified atom stereocenters. The molecule has 4 aromatic carbocycles. The van der Waals surface area contributed by atoms with Crippen molar-refractivity contribution in [1.29, 1.82) is 0 Å². The number of aromatic nitrogens is 1. The normalized spacial score (nSPS) is 16.6. The predicted molar refractivity (Wildman–Crippen MR) is 182 cm³/mol. The lowest BCUT2D eigenvalue weighted by molar-refractivity contribution is 0.487. The third-order valence-corrected chi connectivity index (χ3v) is 13.1. The van der Waals surface area contributed by atoms with E-state index in [0.717, 1.165) is 11.3 Å². The van der Waals surface area contributed by atoms with Crippen LogP contribution in [0.1, 0.15) is 64.2 Å². The van der Waals surface area contributed by atoms with Gasteiger partial charge in [-0.25, -0.2) is 0 Å². The second-order valence-electron chi connectivity index (χ2n) is 12.2. The quantitative estimate of drug-likeness (QED) is 0.172. The molecule has 212 valence electrons. The molecule has 7 rings (SSSR count). The van der Waals surface area contributed by atoms with Crippen molar-refractivity contribution in [3.8, 4) is 39.2 Å². The highest BCUT2D eigenvalue weighted by molar-refractivity contribution is 7.67. The number of nitrogens with zero attached hydrogens (tertiary/aromatic N) is 1. The van der Waals surface area contributed by atoms with E-state index in [0.29, 0.717) is 0 Å². The molecule has 2 heteroatoms. The molecule has 0 atom stereocenters. The molecule has 0 saturated heterocycles. The summed E-state index contributed by atoms with van der Waals surface area (Å²) in [5, 5.41) is 1.66. The summed E-state index contributed by atoms with van der Waals surface area (Å²) in [5.41, 5.74) is 10.9. The van der Waals surface area contributed by atoms with Crippen molar-refractivity contribution in [3.63, 3.8) is 0 Å². The molecule has 42 heavy (non-hydrogen) atoms. The zero-order valence-corrected chi connectivity index (χ0v) is 25.6. The Kier molecular flexibility index (Phi) is 8.39. The van der Waals surface area contributed by atoms with Gasteiger partial charge in [-0.3, -0.25) is 0 Å². The van der Waals surface area contributed by atoms with Crippen molar-refractivity contribution in [1.82, 2.24) is 4.57 Å². The Hall–Kier alpha value is -3.41. The molecular weight excluding hydrogens is 525 g/mol. The van der Waals surface area contributed by atoms with Gasteiger partial charge in [0.2, 0.25) is 0 Å². The van der Waals surface area contributed by atoms with Crippen LogP contribution < -0.4 is 5.30 Å². The zero-order valence-electron chi connectivity index (χ0n) is 24.7. The summed E-state index contributed by atoms with van der Waals surface area (Å²) in [6.45, 7) is 0. The first kappa shape index (κ1) is 27.4. The minimum Gasteiger partial charge on any atom is -0.315 e. The summed E-state index contributed by atoms with van der Waals surface area (Å²) in [4.78, 5) is 0. The van der Waals surface area contributed by atoms with E-state index < -0.39 is 0 Å². The van der Waals surface area contributed by atoms with E-state index in [4.69, 9.17) is 0 Å². The molecule has 2 saturated carbocycles. The summed E-state index contributed by atoms with van der Waals surface area (Å²) < 4.78 is 2.45. The Bertz CT molecular complexity index is 1560. The van der Waals surface area contributed by atoms with Gasteiger partial charge in [0.25, 0.3) is 0 Å². The summed E-state index contributed by atoms with van der Waals surface area (Å²) in [6, 6.07) is 42.6. The summed E-state index contributed by atoms with van der Waals surface area (Å²) in [5.74, 6) is 0. The van der Waals surface area contributed by atoms with Gasteiger partial charge >= 0.3 is 0 Å². The van der Waals surface area contributed by atoms with Crippen molar-refractivity contribution >= 4 is 13.2 Å². The third kappa shape index (κ3) is 5.52. The molecule has 1 nitrogen and oxygen atoms in total. The van der Waals surface area contributed by atoms with Crippen molar-refractivity contribution in [2.75, 3.05) is 0 Å². The fourth-order valence-corrected chi connectivity index (χ4v) is 11.6. The Morgan fingerprint density at radius 3 is 1.57 bits per heavy atom. The first-order valence-electron chi connectivity index (χ1n) is 16.2. The number of para-hydroxylation sites is 1. The molecule has 2 aliphatic rings. The first-order valence-corrected chi connectivity index (χ1v) is 17.7. The van der Waals surface area contributed by atoms with E-state index in [-0.39, 0.29) is 7.92 Å². The summed E-state index contributed by atoms with van der Waals surface area (Å²) >= 11 is 0. The topological polar surface area (TPSA) is 4.93 Å². The second-order valence-corrected chi connectivity index (χ2v) is 15.0. The lowest BCUT2D eigenvalue weighted by Crippen LogP contribution is -2.27. The van der Waals surface area contributed by atoms with Gasteiger partial charge in [-0.1, -0.05) is 150 Å². The van der Waals surface area contributed by atoms with Crippen LogP contribution in [0.2, 0.25) is 0 Å². The van der Waals surface area contributed by atoms with E-state index in [1.165, 1.54) is 103 Å². The summed E-state index contributed by atoms with van der Waals surface area (Å²) in [7, 11) is -0.236. The minimum absolute atomic E-state index is 0.236.